The van der Waals surface area contributed by atoms with E-state index in [1.54, 1.807) is 12.4 Å². The van der Waals surface area contributed by atoms with Gasteiger partial charge in [-0.1, -0.05) is 44.2 Å². The Morgan fingerprint density at radius 2 is 1.96 bits per heavy atom. The maximum atomic E-state index is 12.0. The summed E-state index contributed by atoms with van der Waals surface area (Å²) in [6.07, 6.45) is 3.40. The lowest BCUT2D eigenvalue weighted by molar-refractivity contribution is -0.125. The van der Waals surface area contributed by atoms with Crippen LogP contribution in [0.5, 0.6) is 0 Å². The minimum atomic E-state index is -0.627. The monoisotopic (exact) mass is 329 g/mol. The Balaban J connectivity index is 1.89. The first-order valence-corrected chi connectivity index (χ1v) is 7.85. The zero-order chi connectivity index (χ0) is 17.5. The fourth-order valence-corrected chi connectivity index (χ4v) is 2.10. The molecule has 0 saturated carbocycles. The summed E-state index contributed by atoms with van der Waals surface area (Å²) in [6.45, 7) is 4.16. The Hall–Kier alpha value is -2.67. The summed E-state index contributed by atoms with van der Waals surface area (Å²) in [4.78, 5) is 27.9. The minimum absolute atomic E-state index is 0.0119. The highest BCUT2D eigenvalue weighted by molar-refractivity contribution is 5.94. The molecule has 2 rings (SSSR count). The molecule has 0 bridgehead atoms. The van der Waals surface area contributed by atoms with Crippen LogP contribution in [-0.2, 0) is 16.1 Å². The number of carbonyl (C=O) groups excluding carboxylic acids is 2. The van der Waals surface area contributed by atoms with Crippen molar-refractivity contribution in [1.82, 2.24) is 14.9 Å². The molecule has 0 aliphatic rings. The van der Waals surface area contributed by atoms with Crippen LogP contribution in [0, 0.1) is 5.92 Å². The molecule has 0 aliphatic heterocycles. The molecule has 1 heterocycles. The highest BCUT2D eigenvalue weighted by Crippen LogP contribution is 2.09. The normalized spacial score (nSPS) is 12.0. The summed E-state index contributed by atoms with van der Waals surface area (Å²) < 4.78 is 1.83. The van der Waals surface area contributed by atoms with Crippen molar-refractivity contribution in [2.75, 3.05) is 11.9 Å². The van der Waals surface area contributed by atoms with E-state index in [4.69, 9.17) is 5.73 Å². The summed E-state index contributed by atoms with van der Waals surface area (Å²) in [5.74, 6) is -0.239. The van der Waals surface area contributed by atoms with Crippen molar-refractivity contribution in [2.45, 2.75) is 26.4 Å². The second-order valence-electron chi connectivity index (χ2n) is 5.90. The second kappa shape index (κ2) is 8.26. The van der Waals surface area contributed by atoms with Crippen molar-refractivity contribution in [3.05, 3.63) is 48.3 Å². The summed E-state index contributed by atoms with van der Waals surface area (Å²) >= 11 is 0. The highest BCUT2D eigenvalue weighted by atomic mass is 16.2. The van der Waals surface area contributed by atoms with Gasteiger partial charge in [0.25, 0.3) is 0 Å². The van der Waals surface area contributed by atoms with Gasteiger partial charge in [0.15, 0.2) is 0 Å². The number of hydrogen-bond acceptors (Lipinski definition) is 4. The lowest BCUT2D eigenvalue weighted by atomic mass is 10.1. The molecule has 128 valence electrons. The molecule has 0 fully saturated rings. The van der Waals surface area contributed by atoms with Gasteiger partial charge in [-0.3, -0.25) is 14.9 Å². The van der Waals surface area contributed by atoms with Crippen molar-refractivity contribution in [2.24, 2.45) is 11.7 Å². The SMILES string of the molecule is CC(C)[C@H](N)C(=O)NCC(=O)Nc1nccn1Cc1ccccc1. The van der Waals surface area contributed by atoms with Crippen LogP contribution < -0.4 is 16.4 Å². The number of nitrogens with zero attached hydrogens (tertiary/aromatic N) is 2. The predicted octanol–water partition coefficient (Wildman–Crippen LogP) is 0.969. The Kier molecular flexibility index (Phi) is 6.08. The van der Waals surface area contributed by atoms with Crippen LogP contribution in [0.4, 0.5) is 5.95 Å². The molecule has 1 atom stereocenters. The molecule has 24 heavy (non-hydrogen) atoms. The van der Waals surface area contributed by atoms with Crippen LogP contribution in [-0.4, -0.2) is 34.0 Å². The van der Waals surface area contributed by atoms with E-state index in [1.807, 2.05) is 48.7 Å². The van der Waals surface area contributed by atoms with Gasteiger partial charge >= 0.3 is 0 Å². The zero-order valence-electron chi connectivity index (χ0n) is 13.9. The Morgan fingerprint density at radius 3 is 2.62 bits per heavy atom. The minimum Gasteiger partial charge on any atom is -0.346 e. The number of carbonyl (C=O) groups is 2. The average molecular weight is 329 g/mol. The molecule has 4 N–H and O–H groups in total. The number of nitrogens with two attached hydrogens (primary N) is 1. The van der Waals surface area contributed by atoms with Gasteiger partial charge < -0.3 is 15.6 Å². The molecule has 0 spiro atoms. The van der Waals surface area contributed by atoms with E-state index < -0.39 is 6.04 Å². The van der Waals surface area contributed by atoms with Gasteiger partial charge in [-0.25, -0.2) is 4.98 Å². The summed E-state index contributed by atoms with van der Waals surface area (Å²) in [5.41, 5.74) is 6.83. The van der Waals surface area contributed by atoms with Gasteiger partial charge in [-0.15, -0.1) is 0 Å². The van der Waals surface area contributed by atoms with E-state index in [9.17, 15) is 9.59 Å². The predicted molar refractivity (Wildman–Crippen MR) is 92.2 cm³/mol. The molecule has 0 saturated heterocycles. The number of hydrogen-bond donors (Lipinski definition) is 3. The van der Waals surface area contributed by atoms with Crippen LogP contribution in [0.1, 0.15) is 19.4 Å². The van der Waals surface area contributed by atoms with Crippen LogP contribution in [0.2, 0.25) is 0 Å². The summed E-state index contributed by atoms with van der Waals surface area (Å²) in [7, 11) is 0. The molecule has 7 nitrogen and oxygen atoms in total. The van der Waals surface area contributed by atoms with Crippen LogP contribution >= 0.6 is 0 Å². The molecular formula is C17H23N5O2. The van der Waals surface area contributed by atoms with Crippen LogP contribution in [0.3, 0.4) is 0 Å². The van der Waals surface area contributed by atoms with E-state index in [-0.39, 0.29) is 24.3 Å². The van der Waals surface area contributed by atoms with Crippen molar-refractivity contribution in [3.8, 4) is 0 Å². The van der Waals surface area contributed by atoms with Crippen molar-refractivity contribution in [1.29, 1.82) is 0 Å². The van der Waals surface area contributed by atoms with Crippen molar-refractivity contribution in [3.63, 3.8) is 0 Å². The fraction of sp³-hybridized carbons (Fsp3) is 0.353. The quantitative estimate of drug-likeness (QED) is 0.704. The van der Waals surface area contributed by atoms with E-state index in [0.717, 1.165) is 5.56 Å². The molecule has 2 aromatic rings. The average Bonchev–Trinajstić information content (AvgIpc) is 2.99. The first-order chi connectivity index (χ1) is 11.5. The Labute approximate surface area is 141 Å². The third kappa shape index (κ3) is 4.92. The number of aromatic nitrogens is 2. The summed E-state index contributed by atoms with van der Waals surface area (Å²) in [6, 6.07) is 9.23. The highest BCUT2D eigenvalue weighted by Gasteiger charge is 2.18. The van der Waals surface area contributed by atoms with Gasteiger partial charge in [-0.2, -0.15) is 0 Å². The van der Waals surface area contributed by atoms with Crippen LogP contribution in [0.15, 0.2) is 42.7 Å². The zero-order valence-corrected chi connectivity index (χ0v) is 13.9. The van der Waals surface area contributed by atoms with Crippen molar-refractivity contribution < 1.29 is 9.59 Å². The number of nitrogens with one attached hydrogen (secondary N) is 2. The first-order valence-electron chi connectivity index (χ1n) is 7.85. The largest absolute Gasteiger partial charge is 0.346 e. The third-order valence-electron chi connectivity index (χ3n) is 3.61. The van der Waals surface area contributed by atoms with E-state index in [1.165, 1.54) is 0 Å². The Bertz CT molecular complexity index is 681. The third-order valence-corrected chi connectivity index (χ3v) is 3.61. The smallest absolute Gasteiger partial charge is 0.246 e. The van der Waals surface area contributed by atoms with Crippen LogP contribution in [0.25, 0.3) is 0 Å². The molecule has 0 unspecified atom stereocenters. The van der Waals surface area contributed by atoms with E-state index in [0.29, 0.717) is 12.5 Å². The topological polar surface area (TPSA) is 102 Å². The van der Waals surface area contributed by atoms with Gasteiger partial charge in [0, 0.05) is 12.4 Å². The number of amides is 2. The molecule has 1 aromatic carbocycles. The number of anilines is 1. The molecular weight excluding hydrogens is 306 g/mol. The number of imidazole rings is 1. The van der Waals surface area contributed by atoms with Gasteiger partial charge in [0.2, 0.25) is 17.8 Å². The maximum Gasteiger partial charge on any atom is 0.246 e. The fourth-order valence-electron chi connectivity index (χ4n) is 2.10. The van der Waals surface area contributed by atoms with Gasteiger partial charge in [0.05, 0.1) is 19.1 Å². The van der Waals surface area contributed by atoms with Gasteiger partial charge in [-0.05, 0) is 11.5 Å². The Morgan fingerprint density at radius 1 is 1.25 bits per heavy atom. The van der Waals surface area contributed by atoms with Crippen molar-refractivity contribution >= 4 is 17.8 Å². The van der Waals surface area contributed by atoms with Gasteiger partial charge in [0.1, 0.15) is 0 Å². The number of rotatable bonds is 7. The lowest BCUT2D eigenvalue weighted by Gasteiger charge is -2.15. The second-order valence-corrected chi connectivity index (χ2v) is 5.90. The maximum absolute atomic E-state index is 12.0. The molecule has 0 radical (unpaired) electrons. The standard InChI is InChI=1S/C17H23N5O2/c1-12(2)15(18)16(24)20-10-14(23)21-17-19-8-9-22(17)11-13-6-4-3-5-7-13/h3-9,12,15H,10-11,18H2,1-2H3,(H,20,24)(H,19,21,23)/t15-/m0/s1. The molecule has 1 aromatic heterocycles. The molecule has 7 heteroatoms. The summed E-state index contributed by atoms with van der Waals surface area (Å²) in [5, 5.41) is 5.22. The van der Waals surface area contributed by atoms with E-state index >= 15 is 0 Å². The molecule has 2 amide bonds. The molecule has 0 aliphatic carbocycles. The first kappa shape index (κ1) is 17.7. The number of benzene rings is 1. The lowest BCUT2D eigenvalue weighted by Crippen LogP contribution is -2.46. The van der Waals surface area contributed by atoms with E-state index in [2.05, 4.69) is 15.6 Å².